The number of carbonyl (C=O) groups excluding carboxylic acids is 1. The summed E-state index contributed by atoms with van der Waals surface area (Å²) in [5.74, 6) is -0.644. The molecule has 7 heteroatoms. The largest absolute Gasteiger partial charge is 0.368 e. The van der Waals surface area contributed by atoms with Crippen molar-refractivity contribution in [1.29, 1.82) is 0 Å². The number of rotatable bonds is 3. The number of amides is 1. The van der Waals surface area contributed by atoms with Crippen molar-refractivity contribution >= 4 is 16.9 Å². The number of nitrogens with two attached hydrogens (primary N) is 1. The van der Waals surface area contributed by atoms with Crippen LogP contribution < -0.4 is 17.0 Å². The van der Waals surface area contributed by atoms with Crippen LogP contribution in [0.25, 0.3) is 22.2 Å². The lowest BCUT2D eigenvalue weighted by molar-refractivity contribution is -0.118. The summed E-state index contributed by atoms with van der Waals surface area (Å²) in [7, 11) is 3.12. The minimum atomic E-state index is -0.644. The molecule has 2 N–H and O–H groups in total. The molecule has 0 saturated carbocycles. The van der Waals surface area contributed by atoms with Gasteiger partial charge in [-0.15, -0.1) is 0 Å². The van der Waals surface area contributed by atoms with Gasteiger partial charge in [0.15, 0.2) is 0 Å². The van der Waals surface area contributed by atoms with Crippen LogP contribution in [0.2, 0.25) is 0 Å². The molecule has 118 valence electrons. The molecule has 0 bridgehead atoms. The third-order valence-corrected chi connectivity index (χ3v) is 3.85. The number of hydrogen-bond donors (Lipinski definition) is 1. The number of aryl methyl sites for hydroxylation is 1. The first-order valence-corrected chi connectivity index (χ1v) is 7.04. The van der Waals surface area contributed by atoms with Crippen LogP contribution in [0.4, 0.5) is 0 Å². The Morgan fingerprint density at radius 3 is 2.35 bits per heavy atom. The van der Waals surface area contributed by atoms with Crippen molar-refractivity contribution in [3.05, 3.63) is 57.4 Å². The first kappa shape index (κ1) is 14.8. The maximum atomic E-state index is 12.5. The van der Waals surface area contributed by atoms with Gasteiger partial charge in [-0.1, -0.05) is 30.3 Å². The number of carbonyl (C=O) groups is 1. The van der Waals surface area contributed by atoms with Crippen LogP contribution in [-0.2, 0) is 25.4 Å². The third kappa shape index (κ3) is 2.26. The van der Waals surface area contributed by atoms with Gasteiger partial charge in [-0.05, 0) is 5.56 Å². The predicted molar refractivity (Wildman–Crippen MR) is 87.1 cm³/mol. The lowest BCUT2D eigenvalue weighted by Crippen LogP contribution is -2.40. The van der Waals surface area contributed by atoms with Gasteiger partial charge in [-0.25, -0.2) is 4.79 Å². The minimum Gasteiger partial charge on any atom is -0.368 e. The van der Waals surface area contributed by atoms with Gasteiger partial charge < -0.3 is 10.3 Å². The van der Waals surface area contributed by atoms with Crippen LogP contribution in [0, 0.1) is 0 Å². The van der Waals surface area contributed by atoms with E-state index >= 15 is 0 Å². The second kappa shape index (κ2) is 5.28. The summed E-state index contributed by atoms with van der Waals surface area (Å²) in [5.41, 5.74) is 6.64. The van der Waals surface area contributed by atoms with Gasteiger partial charge >= 0.3 is 5.69 Å². The zero-order valence-corrected chi connectivity index (χ0v) is 12.8. The normalized spacial score (nSPS) is 11.0. The van der Waals surface area contributed by atoms with Crippen LogP contribution in [0.15, 0.2) is 46.1 Å². The van der Waals surface area contributed by atoms with Gasteiger partial charge in [-0.2, -0.15) is 0 Å². The molecule has 0 aliphatic carbocycles. The topological polar surface area (TPSA) is 92.0 Å². The van der Waals surface area contributed by atoms with Gasteiger partial charge in [0, 0.05) is 25.9 Å². The van der Waals surface area contributed by atoms with Crippen molar-refractivity contribution in [2.24, 2.45) is 19.8 Å². The number of nitrogens with zero attached hydrogens (tertiary/aromatic N) is 3. The predicted octanol–water partition coefficient (Wildman–Crippen LogP) is 0.191. The van der Waals surface area contributed by atoms with E-state index in [4.69, 9.17) is 5.73 Å². The van der Waals surface area contributed by atoms with Crippen LogP contribution in [0.1, 0.15) is 0 Å². The molecule has 2 heterocycles. The molecule has 1 aromatic carbocycles. The molecule has 0 aliphatic rings. The number of benzene rings is 1. The first-order chi connectivity index (χ1) is 10.9. The maximum Gasteiger partial charge on any atom is 0.331 e. The lowest BCUT2D eigenvalue weighted by Gasteiger charge is -2.10. The fourth-order valence-electron chi connectivity index (χ4n) is 2.79. The average molecular weight is 312 g/mol. The molecule has 23 heavy (non-hydrogen) atoms. The summed E-state index contributed by atoms with van der Waals surface area (Å²) in [6.45, 7) is -0.284. The molecule has 0 unspecified atom stereocenters. The lowest BCUT2D eigenvalue weighted by atomic mass is 10.1. The van der Waals surface area contributed by atoms with E-state index < -0.39 is 17.2 Å². The van der Waals surface area contributed by atoms with Crippen LogP contribution in [0.5, 0.6) is 0 Å². The molecule has 1 amide bonds. The van der Waals surface area contributed by atoms with E-state index in [2.05, 4.69) is 0 Å². The second-order valence-corrected chi connectivity index (χ2v) is 5.42. The summed E-state index contributed by atoms with van der Waals surface area (Å²) in [5, 5.41) is 0. The summed E-state index contributed by atoms with van der Waals surface area (Å²) < 4.78 is 3.90. The third-order valence-electron chi connectivity index (χ3n) is 3.85. The van der Waals surface area contributed by atoms with E-state index in [1.807, 2.05) is 30.3 Å². The summed E-state index contributed by atoms with van der Waals surface area (Å²) in [6, 6.07) is 9.37. The zero-order valence-electron chi connectivity index (χ0n) is 12.8. The van der Waals surface area contributed by atoms with Crippen molar-refractivity contribution in [3.8, 4) is 11.1 Å². The first-order valence-electron chi connectivity index (χ1n) is 7.04. The Hall–Kier alpha value is -3.09. The van der Waals surface area contributed by atoms with E-state index in [-0.39, 0.29) is 6.54 Å². The summed E-state index contributed by atoms with van der Waals surface area (Å²) >= 11 is 0. The quantitative estimate of drug-likeness (QED) is 0.748. The van der Waals surface area contributed by atoms with E-state index in [9.17, 15) is 14.4 Å². The maximum absolute atomic E-state index is 12.5. The van der Waals surface area contributed by atoms with Gasteiger partial charge in [0.1, 0.15) is 12.1 Å². The standard InChI is InChI=1S/C16H16N4O3/c1-18-8-11(10-6-4-3-5-7-10)13-14(18)15(22)19(2)16(23)20(13)9-12(17)21/h3-8H,9H2,1-2H3,(H2,17,21). The van der Waals surface area contributed by atoms with Crippen molar-refractivity contribution in [2.45, 2.75) is 6.54 Å². The highest BCUT2D eigenvalue weighted by Gasteiger charge is 2.19. The van der Waals surface area contributed by atoms with E-state index in [0.29, 0.717) is 16.6 Å². The van der Waals surface area contributed by atoms with Crippen LogP contribution in [-0.4, -0.2) is 19.6 Å². The van der Waals surface area contributed by atoms with Gasteiger partial charge in [0.2, 0.25) is 5.91 Å². The highest BCUT2D eigenvalue weighted by molar-refractivity contribution is 5.93. The Bertz CT molecular complexity index is 1030. The number of primary amides is 1. The van der Waals surface area contributed by atoms with Crippen molar-refractivity contribution in [2.75, 3.05) is 0 Å². The Balaban J connectivity index is 2.52. The molecular formula is C16H16N4O3. The fourth-order valence-corrected chi connectivity index (χ4v) is 2.79. The average Bonchev–Trinajstić information content (AvgIpc) is 2.87. The summed E-state index contributed by atoms with van der Waals surface area (Å²) in [6.07, 6.45) is 1.78. The number of fused-ring (bicyclic) bond motifs is 1. The SMILES string of the molecule is Cn1c(=O)c2c(c(-c3ccccc3)cn2C)n(CC(N)=O)c1=O. The van der Waals surface area contributed by atoms with Crippen LogP contribution in [0.3, 0.4) is 0 Å². The van der Waals surface area contributed by atoms with Crippen molar-refractivity contribution in [1.82, 2.24) is 13.7 Å². The Labute approximate surface area is 131 Å². The van der Waals surface area contributed by atoms with Gasteiger partial charge in [-0.3, -0.25) is 18.7 Å². The Morgan fingerprint density at radius 2 is 1.74 bits per heavy atom. The number of hydrogen-bond acceptors (Lipinski definition) is 3. The molecule has 0 spiro atoms. The monoisotopic (exact) mass is 312 g/mol. The fraction of sp³-hybridized carbons (Fsp3) is 0.188. The van der Waals surface area contributed by atoms with Crippen molar-refractivity contribution < 1.29 is 4.79 Å². The van der Waals surface area contributed by atoms with Crippen LogP contribution >= 0.6 is 0 Å². The second-order valence-electron chi connectivity index (χ2n) is 5.42. The molecular weight excluding hydrogens is 296 g/mol. The molecule has 0 aliphatic heterocycles. The zero-order chi connectivity index (χ0) is 16.7. The molecule has 0 radical (unpaired) electrons. The summed E-state index contributed by atoms with van der Waals surface area (Å²) in [4.78, 5) is 36.3. The van der Waals surface area contributed by atoms with E-state index in [1.165, 1.54) is 11.6 Å². The van der Waals surface area contributed by atoms with E-state index in [1.54, 1.807) is 17.8 Å². The van der Waals surface area contributed by atoms with Gasteiger partial charge in [0.25, 0.3) is 5.56 Å². The molecule has 3 aromatic rings. The molecule has 3 rings (SSSR count). The minimum absolute atomic E-state index is 0.284. The molecule has 0 atom stereocenters. The highest BCUT2D eigenvalue weighted by atomic mass is 16.2. The molecule has 0 saturated heterocycles. The van der Waals surface area contributed by atoms with Crippen molar-refractivity contribution in [3.63, 3.8) is 0 Å². The molecule has 2 aromatic heterocycles. The van der Waals surface area contributed by atoms with Gasteiger partial charge in [0.05, 0.1) is 5.52 Å². The number of aromatic nitrogens is 3. The molecule has 7 nitrogen and oxygen atoms in total. The van der Waals surface area contributed by atoms with E-state index in [0.717, 1.165) is 10.1 Å². The molecule has 0 fully saturated rings. The highest BCUT2D eigenvalue weighted by Crippen LogP contribution is 2.27. The Morgan fingerprint density at radius 1 is 1.09 bits per heavy atom. The smallest absolute Gasteiger partial charge is 0.331 e. The Kier molecular flexibility index (Phi) is 3.40.